The van der Waals surface area contributed by atoms with Crippen molar-refractivity contribution in [3.8, 4) is 0 Å². The van der Waals surface area contributed by atoms with Crippen molar-refractivity contribution in [2.24, 2.45) is 0 Å². The van der Waals surface area contributed by atoms with Gasteiger partial charge in [0.1, 0.15) is 0 Å². The molecule has 2 aromatic rings. The molecule has 0 bridgehead atoms. The van der Waals surface area contributed by atoms with Gasteiger partial charge in [0, 0.05) is 67.5 Å². The fourth-order valence-corrected chi connectivity index (χ4v) is 6.23. The summed E-state index contributed by atoms with van der Waals surface area (Å²) in [7, 11) is 0. The Morgan fingerprint density at radius 3 is 2.08 bits per heavy atom. The molecule has 2 amide bonds. The lowest BCUT2D eigenvalue weighted by atomic mass is 9.89. The molecule has 1 saturated carbocycles. The Kier molecular flexibility index (Phi) is 7.92. The monoisotopic (exact) mass is 508 g/mol. The zero-order valence-corrected chi connectivity index (χ0v) is 22.1. The second-order valence-corrected chi connectivity index (χ2v) is 11.0. The molecule has 36 heavy (non-hydrogen) atoms. The average Bonchev–Trinajstić information content (AvgIpc) is 2.93. The molecule has 192 valence electrons. The third-order valence-electron chi connectivity index (χ3n) is 8.25. The summed E-state index contributed by atoms with van der Waals surface area (Å²) >= 11 is 5.98. The van der Waals surface area contributed by atoms with Crippen molar-refractivity contribution >= 4 is 23.4 Å². The number of carbonyl (C=O) groups is 2. The largest absolute Gasteiger partial charge is 0.339 e. The van der Waals surface area contributed by atoms with Crippen LogP contribution in [0.5, 0.6) is 0 Å². The van der Waals surface area contributed by atoms with Gasteiger partial charge in [-0.05, 0) is 69.0 Å². The molecule has 0 atom stereocenters. The summed E-state index contributed by atoms with van der Waals surface area (Å²) in [5.74, 6) is 0.330. The van der Waals surface area contributed by atoms with Gasteiger partial charge in [-0.2, -0.15) is 0 Å². The highest BCUT2D eigenvalue weighted by Gasteiger charge is 2.32. The maximum atomic E-state index is 13.6. The first-order valence-corrected chi connectivity index (χ1v) is 13.9. The zero-order chi connectivity index (χ0) is 25.1. The van der Waals surface area contributed by atoms with E-state index < -0.39 is 0 Å². The maximum Gasteiger partial charge on any atom is 0.255 e. The Hall–Kier alpha value is -2.44. The van der Waals surface area contributed by atoms with E-state index in [4.69, 9.17) is 16.6 Å². The number of piperidine rings is 1. The van der Waals surface area contributed by atoms with E-state index in [0.717, 1.165) is 56.0 Å². The first-order chi connectivity index (χ1) is 17.5. The average molecular weight is 509 g/mol. The Bertz CT molecular complexity index is 1070. The topological polar surface area (TPSA) is 56.8 Å². The molecule has 0 radical (unpaired) electrons. The van der Waals surface area contributed by atoms with Crippen LogP contribution in [0.3, 0.4) is 0 Å². The normalized spacial score (nSPS) is 20.5. The van der Waals surface area contributed by atoms with Crippen molar-refractivity contribution < 1.29 is 9.59 Å². The number of hydrogen-bond acceptors (Lipinski definition) is 4. The summed E-state index contributed by atoms with van der Waals surface area (Å²) in [6, 6.07) is 11.7. The third-order valence-corrected chi connectivity index (χ3v) is 8.50. The highest BCUT2D eigenvalue weighted by Crippen LogP contribution is 2.31. The SMILES string of the molecule is Cc1ccc(C(=O)N2CCN(C3CCCCC3)CC2)c(C2CCN(C(=O)c3ccc(Cl)cc3)CC2)n1. The van der Waals surface area contributed by atoms with E-state index in [9.17, 15) is 9.59 Å². The van der Waals surface area contributed by atoms with Crippen molar-refractivity contribution in [2.75, 3.05) is 39.3 Å². The number of hydrogen-bond donors (Lipinski definition) is 0. The van der Waals surface area contributed by atoms with Crippen molar-refractivity contribution in [1.82, 2.24) is 19.7 Å². The minimum atomic E-state index is 0.0365. The second kappa shape index (κ2) is 11.3. The number of halogens is 1. The third kappa shape index (κ3) is 5.60. The molecule has 3 fully saturated rings. The van der Waals surface area contributed by atoms with Crippen molar-refractivity contribution in [3.05, 3.63) is 63.9 Å². The van der Waals surface area contributed by atoms with Gasteiger partial charge in [0.25, 0.3) is 11.8 Å². The van der Waals surface area contributed by atoms with E-state index in [1.54, 1.807) is 24.3 Å². The van der Waals surface area contributed by atoms with E-state index >= 15 is 0 Å². The van der Waals surface area contributed by atoms with Crippen LogP contribution in [0.15, 0.2) is 36.4 Å². The molecule has 1 aromatic heterocycles. The van der Waals surface area contributed by atoms with E-state index in [1.165, 1.54) is 32.1 Å². The lowest BCUT2D eigenvalue weighted by Gasteiger charge is -2.41. The fraction of sp³-hybridized carbons (Fsp3) is 0.552. The fourth-order valence-electron chi connectivity index (χ4n) is 6.11. The molecular weight excluding hydrogens is 472 g/mol. The van der Waals surface area contributed by atoms with Crippen LogP contribution in [-0.4, -0.2) is 76.8 Å². The number of aromatic nitrogens is 1. The number of carbonyl (C=O) groups excluding carboxylic acids is 2. The van der Waals surface area contributed by atoms with E-state index in [1.807, 2.05) is 28.9 Å². The van der Waals surface area contributed by atoms with Gasteiger partial charge in [0.05, 0.1) is 11.3 Å². The van der Waals surface area contributed by atoms with Gasteiger partial charge in [-0.3, -0.25) is 19.5 Å². The Morgan fingerprint density at radius 2 is 1.42 bits per heavy atom. The molecule has 0 spiro atoms. The molecule has 0 N–H and O–H groups in total. The summed E-state index contributed by atoms with van der Waals surface area (Å²) in [5, 5.41) is 0.628. The highest BCUT2D eigenvalue weighted by molar-refractivity contribution is 6.30. The van der Waals surface area contributed by atoms with Crippen LogP contribution in [-0.2, 0) is 0 Å². The van der Waals surface area contributed by atoms with Crippen LogP contribution < -0.4 is 0 Å². The second-order valence-electron chi connectivity index (χ2n) is 10.6. The standard InChI is InChI=1S/C29H37ClN4O2/c1-21-7-12-26(29(36)34-19-17-32(18-20-34)25-5-3-2-4-6-25)27(31-21)22-13-15-33(16-14-22)28(35)23-8-10-24(30)11-9-23/h7-12,22,25H,2-6,13-20H2,1H3. The van der Waals surface area contributed by atoms with Crippen LogP contribution in [0.25, 0.3) is 0 Å². The van der Waals surface area contributed by atoms with Crippen molar-refractivity contribution in [3.63, 3.8) is 0 Å². The van der Waals surface area contributed by atoms with Gasteiger partial charge in [0.2, 0.25) is 0 Å². The van der Waals surface area contributed by atoms with Gasteiger partial charge in [0.15, 0.2) is 0 Å². The number of amides is 2. The first-order valence-electron chi connectivity index (χ1n) is 13.6. The molecular formula is C29H37ClN4O2. The number of pyridine rings is 1. The number of aryl methyl sites for hydroxylation is 1. The predicted molar refractivity (Wildman–Crippen MR) is 143 cm³/mol. The van der Waals surface area contributed by atoms with Gasteiger partial charge >= 0.3 is 0 Å². The lowest BCUT2D eigenvalue weighted by molar-refractivity contribution is 0.0519. The van der Waals surface area contributed by atoms with Crippen molar-refractivity contribution in [2.45, 2.75) is 63.8 Å². The van der Waals surface area contributed by atoms with Crippen LogP contribution in [0, 0.1) is 6.92 Å². The number of piperazine rings is 1. The van der Waals surface area contributed by atoms with Gasteiger partial charge in [-0.25, -0.2) is 0 Å². The van der Waals surface area contributed by atoms with Crippen LogP contribution in [0.4, 0.5) is 0 Å². The first kappa shape index (κ1) is 25.2. The summed E-state index contributed by atoms with van der Waals surface area (Å²) in [6.07, 6.45) is 8.28. The molecule has 2 aliphatic heterocycles. The van der Waals surface area contributed by atoms with Gasteiger partial charge in [-0.15, -0.1) is 0 Å². The minimum absolute atomic E-state index is 0.0365. The van der Waals surface area contributed by atoms with Gasteiger partial charge < -0.3 is 9.80 Å². The number of benzene rings is 1. The number of rotatable bonds is 4. The van der Waals surface area contributed by atoms with Crippen molar-refractivity contribution in [1.29, 1.82) is 0 Å². The minimum Gasteiger partial charge on any atom is -0.339 e. The van der Waals surface area contributed by atoms with Crippen LogP contribution >= 0.6 is 11.6 Å². The van der Waals surface area contributed by atoms with E-state index in [-0.39, 0.29) is 17.7 Å². The van der Waals surface area contributed by atoms with E-state index in [2.05, 4.69) is 4.90 Å². The van der Waals surface area contributed by atoms with Gasteiger partial charge in [-0.1, -0.05) is 30.9 Å². The molecule has 2 saturated heterocycles. The summed E-state index contributed by atoms with van der Waals surface area (Å²) in [6.45, 7) is 6.82. The Balaban J connectivity index is 1.23. The molecule has 0 unspecified atom stereocenters. The molecule has 5 rings (SSSR count). The zero-order valence-electron chi connectivity index (χ0n) is 21.3. The van der Waals surface area contributed by atoms with E-state index in [0.29, 0.717) is 29.7 Å². The smallest absolute Gasteiger partial charge is 0.255 e. The lowest BCUT2D eigenvalue weighted by Crippen LogP contribution is -2.52. The summed E-state index contributed by atoms with van der Waals surface area (Å²) in [5.41, 5.74) is 3.25. The molecule has 7 heteroatoms. The highest BCUT2D eigenvalue weighted by atomic mass is 35.5. The number of nitrogens with zero attached hydrogens (tertiary/aromatic N) is 4. The molecule has 6 nitrogen and oxygen atoms in total. The number of likely N-dealkylation sites (tertiary alicyclic amines) is 1. The molecule has 1 aliphatic carbocycles. The maximum absolute atomic E-state index is 13.6. The summed E-state index contributed by atoms with van der Waals surface area (Å²) < 4.78 is 0. The Morgan fingerprint density at radius 1 is 0.778 bits per heavy atom. The van der Waals surface area contributed by atoms with Crippen LogP contribution in [0.1, 0.15) is 83.0 Å². The Labute approximate surface area is 219 Å². The van der Waals surface area contributed by atoms with Crippen LogP contribution in [0.2, 0.25) is 5.02 Å². The molecule has 3 heterocycles. The quantitative estimate of drug-likeness (QED) is 0.573. The summed E-state index contributed by atoms with van der Waals surface area (Å²) in [4.78, 5) is 38.0. The molecule has 3 aliphatic rings. The molecule has 1 aromatic carbocycles. The predicted octanol–water partition coefficient (Wildman–Crippen LogP) is 5.15.